The number of aliphatic imine (C=N–C) groups is 1. The Hall–Kier alpha value is -1.88. The van der Waals surface area contributed by atoms with Crippen LogP contribution in [0.25, 0.3) is 11.4 Å². The Morgan fingerprint density at radius 2 is 1.97 bits per heavy atom. The second-order valence-electron chi connectivity index (χ2n) is 7.58. The highest BCUT2D eigenvalue weighted by atomic mass is 127. The number of likely N-dealkylation sites (tertiary alicyclic amines) is 1. The fourth-order valence-electron chi connectivity index (χ4n) is 3.46. The van der Waals surface area contributed by atoms with Crippen LogP contribution < -0.4 is 15.4 Å². The largest absolute Gasteiger partial charge is 0.497 e. The quantitative estimate of drug-likeness (QED) is 0.292. The summed E-state index contributed by atoms with van der Waals surface area (Å²) >= 11 is 0. The topological polar surface area (TPSA) is 90.5 Å². The van der Waals surface area contributed by atoms with Crippen LogP contribution in [-0.4, -0.2) is 64.9 Å². The molecule has 2 heterocycles. The number of piperidine rings is 1. The van der Waals surface area contributed by atoms with E-state index in [2.05, 4.69) is 51.5 Å². The minimum Gasteiger partial charge on any atom is -0.497 e. The van der Waals surface area contributed by atoms with Crippen LogP contribution in [-0.2, 0) is 6.54 Å². The molecule has 166 valence electrons. The third-order valence-electron chi connectivity index (χ3n) is 5.21. The molecule has 1 aliphatic rings. The zero-order valence-electron chi connectivity index (χ0n) is 18.3. The number of benzene rings is 1. The summed E-state index contributed by atoms with van der Waals surface area (Å²) in [6.07, 6.45) is 2.26. The molecule has 30 heavy (non-hydrogen) atoms. The van der Waals surface area contributed by atoms with Crippen molar-refractivity contribution >= 4 is 29.9 Å². The lowest BCUT2D eigenvalue weighted by Crippen LogP contribution is -2.49. The third kappa shape index (κ3) is 6.83. The number of H-pyrrole nitrogens is 1. The van der Waals surface area contributed by atoms with Crippen LogP contribution >= 0.6 is 24.0 Å². The number of nitrogens with one attached hydrogen (secondary N) is 3. The van der Waals surface area contributed by atoms with Gasteiger partial charge in [-0.25, -0.2) is 9.98 Å². The van der Waals surface area contributed by atoms with Crippen molar-refractivity contribution in [1.82, 2.24) is 30.7 Å². The molecule has 3 rings (SSSR count). The lowest BCUT2D eigenvalue weighted by atomic mass is 10.0. The van der Waals surface area contributed by atoms with Gasteiger partial charge < -0.3 is 20.3 Å². The Morgan fingerprint density at radius 3 is 2.57 bits per heavy atom. The van der Waals surface area contributed by atoms with E-state index in [4.69, 9.17) is 9.73 Å². The first-order valence-corrected chi connectivity index (χ1v) is 10.4. The van der Waals surface area contributed by atoms with Gasteiger partial charge in [0.05, 0.1) is 7.11 Å². The Labute approximate surface area is 196 Å². The predicted molar refractivity (Wildman–Crippen MR) is 131 cm³/mol. The van der Waals surface area contributed by atoms with Gasteiger partial charge in [0.15, 0.2) is 11.8 Å². The van der Waals surface area contributed by atoms with E-state index in [1.54, 1.807) is 7.11 Å². The fourth-order valence-corrected chi connectivity index (χ4v) is 3.46. The monoisotopic (exact) mass is 527 g/mol. The normalized spacial score (nSPS) is 15.7. The standard InChI is InChI=1S/C21H33N7O.HI/c1-5-22-21(24-17-10-12-28(13-11-17)15(2)3)23-14-19-25-20(27-26-19)16-6-8-18(29-4)9-7-16;/h6-9,15,17H,5,10-14H2,1-4H3,(H2,22,23,24)(H,25,26,27);1H. The van der Waals surface area contributed by atoms with Crippen LogP contribution in [0, 0.1) is 0 Å². The molecule has 0 spiro atoms. The summed E-state index contributed by atoms with van der Waals surface area (Å²) in [6.45, 7) is 10.1. The highest BCUT2D eigenvalue weighted by molar-refractivity contribution is 14.0. The highest BCUT2D eigenvalue weighted by Crippen LogP contribution is 2.19. The molecular weight excluding hydrogens is 493 g/mol. The van der Waals surface area contributed by atoms with Crippen molar-refractivity contribution < 1.29 is 4.74 Å². The van der Waals surface area contributed by atoms with Gasteiger partial charge in [0.1, 0.15) is 18.1 Å². The number of hydrogen-bond acceptors (Lipinski definition) is 5. The highest BCUT2D eigenvalue weighted by Gasteiger charge is 2.21. The smallest absolute Gasteiger partial charge is 0.191 e. The zero-order chi connectivity index (χ0) is 20.6. The van der Waals surface area contributed by atoms with Gasteiger partial charge in [0.2, 0.25) is 0 Å². The minimum atomic E-state index is 0. The number of rotatable bonds is 7. The van der Waals surface area contributed by atoms with Gasteiger partial charge in [0, 0.05) is 37.3 Å². The SMILES string of the molecule is CCNC(=NCc1nc(-c2ccc(OC)cc2)n[nH]1)NC1CCN(C(C)C)CC1.I. The van der Waals surface area contributed by atoms with Crippen LogP contribution in [0.3, 0.4) is 0 Å². The number of guanidine groups is 1. The summed E-state index contributed by atoms with van der Waals surface area (Å²) in [5, 5.41) is 14.2. The van der Waals surface area contributed by atoms with E-state index < -0.39 is 0 Å². The van der Waals surface area contributed by atoms with Gasteiger partial charge in [-0.3, -0.25) is 5.10 Å². The van der Waals surface area contributed by atoms with Crippen LogP contribution in [0.1, 0.15) is 39.4 Å². The van der Waals surface area contributed by atoms with E-state index in [0.29, 0.717) is 24.5 Å². The maximum Gasteiger partial charge on any atom is 0.191 e. The molecule has 0 bridgehead atoms. The van der Waals surface area contributed by atoms with Crippen molar-refractivity contribution in [3.8, 4) is 17.1 Å². The first-order valence-electron chi connectivity index (χ1n) is 10.4. The van der Waals surface area contributed by atoms with Crippen LogP contribution in [0.15, 0.2) is 29.3 Å². The van der Waals surface area contributed by atoms with E-state index in [1.165, 1.54) is 0 Å². The van der Waals surface area contributed by atoms with E-state index in [1.807, 2.05) is 24.3 Å². The first-order chi connectivity index (χ1) is 14.1. The van der Waals surface area contributed by atoms with Crippen LogP contribution in [0.5, 0.6) is 5.75 Å². The van der Waals surface area contributed by atoms with Crippen LogP contribution in [0.4, 0.5) is 0 Å². The van der Waals surface area contributed by atoms with Gasteiger partial charge in [-0.1, -0.05) is 0 Å². The van der Waals surface area contributed by atoms with E-state index >= 15 is 0 Å². The summed E-state index contributed by atoms with van der Waals surface area (Å²) in [4.78, 5) is 11.8. The molecule has 0 radical (unpaired) electrons. The predicted octanol–water partition coefficient (Wildman–Crippen LogP) is 3.03. The number of halogens is 1. The average Bonchev–Trinajstić information content (AvgIpc) is 3.22. The Morgan fingerprint density at radius 1 is 1.27 bits per heavy atom. The van der Waals surface area contributed by atoms with Crippen molar-refractivity contribution in [3.05, 3.63) is 30.1 Å². The minimum absolute atomic E-state index is 0. The molecule has 2 aromatic rings. The maximum atomic E-state index is 5.19. The van der Waals surface area contributed by atoms with Gasteiger partial charge >= 0.3 is 0 Å². The van der Waals surface area contributed by atoms with E-state index in [0.717, 1.165) is 55.6 Å². The summed E-state index contributed by atoms with van der Waals surface area (Å²) in [5.41, 5.74) is 0.944. The molecule has 1 saturated heterocycles. The molecule has 1 aromatic carbocycles. The van der Waals surface area contributed by atoms with Crippen molar-refractivity contribution in [2.24, 2.45) is 4.99 Å². The molecule has 9 heteroatoms. The summed E-state index contributed by atoms with van der Waals surface area (Å²) in [7, 11) is 1.65. The number of hydrogen-bond donors (Lipinski definition) is 3. The molecular formula is C21H34IN7O. The van der Waals surface area contributed by atoms with Gasteiger partial charge in [-0.05, 0) is 57.9 Å². The number of aromatic nitrogens is 3. The fraction of sp³-hybridized carbons (Fsp3) is 0.571. The van der Waals surface area contributed by atoms with Gasteiger partial charge in [0.25, 0.3) is 0 Å². The molecule has 0 aliphatic carbocycles. The molecule has 1 fully saturated rings. The Bertz CT molecular complexity index is 783. The third-order valence-corrected chi connectivity index (χ3v) is 5.21. The number of methoxy groups -OCH3 is 1. The van der Waals surface area contributed by atoms with E-state index in [-0.39, 0.29) is 24.0 Å². The molecule has 8 nitrogen and oxygen atoms in total. The number of nitrogens with zero attached hydrogens (tertiary/aromatic N) is 4. The summed E-state index contributed by atoms with van der Waals surface area (Å²) in [6, 6.07) is 8.77. The first kappa shape index (κ1) is 24.4. The molecule has 0 unspecified atom stereocenters. The van der Waals surface area contributed by atoms with Gasteiger partial charge in [-0.2, -0.15) is 5.10 Å². The van der Waals surface area contributed by atoms with Crippen molar-refractivity contribution in [1.29, 1.82) is 0 Å². The van der Waals surface area contributed by atoms with E-state index in [9.17, 15) is 0 Å². The molecule has 1 aromatic heterocycles. The second kappa shape index (κ2) is 12.1. The molecule has 0 atom stereocenters. The van der Waals surface area contributed by atoms with Crippen LogP contribution in [0.2, 0.25) is 0 Å². The molecule has 1 aliphatic heterocycles. The summed E-state index contributed by atoms with van der Waals surface area (Å²) in [5.74, 6) is 3.05. The second-order valence-corrected chi connectivity index (χ2v) is 7.58. The zero-order valence-corrected chi connectivity index (χ0v) is 20.6. The average molecular weight is 527 g/mol. The van der Waals surface area contributed by atoms with Crippen molar-refractivity contribution in [3.63, 3.8) is 0 Å². The lowest BCUT2D eigenvalue weighted by molar-refractivity contribution is 0.167. The number of ether oxygens (including phenoxy) is 1. The number of aromatic amines is 1. The molecule has 0 amide bonds. The molecule has 3 N–H and O–H groups in total. The Balaban J connectivity index is 0.00000320. The summed E-state index contributed by atoms with van der Waals surface area (Å²) < 4.78 is 5.19. The Kier molecular flexibility index (Phi) is 9.83. The maximum absolute atomic E-state index is 5.19. The van der Waals surface area contributed by atoms with Crippen molar-refractivity contribution in [2.75, 3.05) is 26.7 Å². The lowest BCUT2D eigenvalue weighted by Gasteiger charge is -2.35. The van der Waals surface area contributed by atoms with Gasteiger partial charge in [-0.15, -0.1) is 24.0 Å². The molecule has 0 saturated carbocycles. The van der Waals surface area contributed by atoms with Crippen molar-refractivity contribution in [2.45, 2.75) is 52.2 Å².